The standard InChI is InChI=1S/C5H11NO2.ClH/c1-4(2)3-8-5(6)7;/h4H,3H2,1-2H3,(H2,6,7);1H. The summed E-state index contributed by atoms with van der Waals surface area (Å²) in [5.41, 5.74) is 4.68. The molecule has 0 fully saturated rings. The summed E-state index contributed by atoms with van der Waals surface area (Å²) in [6, 6.07) is 0. The lowest BCUT2D eigenvalue weighted by atomic mass is 10.2. The normalized spacial score (nSPS) is 8.33. The molecule has 0 saturated carbocycles. The smallest absolute Gasteiger partial charge is 0.404 e. The number of primary amides is 1. The van der Waals surface area contributed by atoms with Crippen molar-refractivity contribution in [1.29, 1.82) is 0 Å². The molecule has 0 heterocycles. The van der Waals surface area contributed by atoms with Gasteiger partial charge in [-0.1, -0.05) is 13.8 Å². The molecule has 4 heteroatoms. The third-order valence-corrected chi connectivity index (χ3v) is 0.559. The Balaban J connectivity index is 0. The molecular weight excluding hydrogens is 142 g/mol. The minimum Gasteiger partial charge on any atom is -0.449 e. The fourth-order valence-corrected chi connectivity index (χ4v) is 0.249. The highest BCUT2D eigenvalue weighted by molar-refractivity contribution is 5.85. The van der Waals surface area contributed by atoms with Crippen molar-refractivity contribution in [3.05, 3.63) is 0 Å². The first-order valence-electron chi connectivity index (χ1n) is 2.55. The number of hydrogen-bond donors (Lipinski definition) is 1. The van der Waals surface area contributed by atoms with Crippen LogP contribution in [0.3, 0.4) is 0 Å². The van der Waals surface area contributed by atoms with Gasteiger partial charge in [0.2, 0.25) is 0 Å². The second-order valence-electron chi connectivity index (χ2n) is 2.02. The van der Waals surface area contributed by atoms with E-state index in [1.165, 1.54) is 0 Å². The third kappa shape index (κ3) is 11.2. The van der Waals surface area contributed by atoms with Crippen LogP contribution in [0.25, 0.3) is 0 Å². The maximum atomic E-state index is 9.90. The van der Waals surface area contributed by atoms with Gasteiger partial charge in [-0.05, 0) is 5.92 Å². The number of ether oxygens (including phenoxy) is 1. The third-order valence-electron chi connectivity index (χ3n) is 0.559. The maximum Gasteiger partial charge on any atom is 0.404 e. The molecule has 1 amide bonds. The first-order chi connectivity index (χ1) is 3.63. The fraction of sp³-hybridized carbons (Fsp3) is 0.800. The predicted molar refractivity (Wildman–Crippen MR) is 37.6 cm³/mol. The number of nitrogens with two attached hydrogens (primary N) is 1. The Kier molecular flexibility index (Phi) is 7.19. The van der Waals surface area contributed by atoms with Crippen LogP contribution in [0.1, 0.15) is 13.8 Å². The first-order valence-corrected chi connectivity index (χ1v) is 2.55. The van der Waals surface area contributed by atoms with Crippen molar-refractivity contribution in [2.24, 2.45) is 11.7 Å². The number of halogens is 1. The molecule has 0 rings (SSSR count). The van der Waals surface area contributed by atoms with E-state index in [0.29, 0.717) is 12.5 Å². The second-order valence-corrected chi connectivity index (χ2v) is 2.02. The van der Waals surface area contributed by atoms with Gasteiger partial charge in [-0.15, -0.1) is 12.4 Å². The van der Waals surface area contributed by atoms with Gasteiger partial charge in [0.1, 0.15) is 0 Å². The van der Waals surface area contributed by atoms with E-state index in [9.17, 15) is 4.79 Å². The van der Waals surface area contributed by atoms with Crippen LogP contribution in [0.15, 0.2) is 0 Å². The van der Waals surface area contributed by atoms with Gasteiger partial charge in [-0.25, -0.2) is 4.79 Å². The van der Waals surface area contributed by atoms with Crippen LogP contribution in [0.4, 0.5) is 4.79 Å². The van der Waals surface area contributed by atoms with Crippen molar-refractivity contribution >= 4 is 18.5 Å². The van der Waals surface area contributed by atoms with E-state index in [2.05, 4.69) is 10.5 Å². The Hall–Kier alpha value is -0.440. The van der Waals surface area contributed by atoms with Crippen LogP contribution in [0, 0.1) is 5.92 Å². The molecule has 0 aliphatic rings. The summed E-state index contributed by atoms with van der Waals surface area (Å²) in [6.45, 7) is 4.31. The van der Waals surface area contributed by atoms with E-state index in [4.69, 9.17) is 0 Å². The van der Waals surface area contributed by atoms with Gasteiger partial charge in [0.25, 0.3) is 0 Å². The predicted octanol–water partition coefficient (Wildman–Crippen LogP) is 1.16. The second kappa shape index (κ2) is 5.69. The Labute approximate surface area is 61.0 Å². The SMILES string of the molecule is CC(C)COC(N)=O.Cl. The number of hydrogen-bond acceptors (Lipinski definition) is 2. The van der Waals surface area contributed by atoms with Gasteiger partial charge in [0, 0.05) is 0 Å². The van der Waals surface area contributed by atoms with Gasteiger partial charge >= 0.3 is 6.09 Å². The lowest BCUT2D eigenvalue weighted by molar-refractivity contribution is 0.143. The Morgan fingerprint density at radius 2 is 2.11 bits per heavy atom. The van der Waals surface area contributed by atoms with Crippen LogP contribution >= 0.6 is 12.4 Å². The van der Waals surface area contributed by atoms with E-state index >= 15 is 0 Å². The van der Waals surface area contributed by atoms with Crippen LogP contribution in [-0.4, -0.2) is 12.7 Å². The van der Waals surface area contributed by atoms with E-state index < -0.39 is 6.09 Å². The van der Waals surface area contributed by atoms with Gasteiger partial charge in [0.15, 0.2) is 0 Å². The van der Waals surface area contributed by atoms with Crippen LogP contribution in [-0.2, 0) is 4.74 Å². The summed E-state index contributed by atoms with van der Waals surface area (Å²) in [5.74, 6) is 0.363. The lowest BCUT2D eigenvalue weighted by Gasteiger charge is -2.01. The zero-order chi connectivity index (χ0) is 6.57. The van der Waals surface area contributed by atoms with Gasteiger partial charge in [-0.2, -0.15) is 0 Å². The molecule has 0 aromatic carbocycles. The molecular formula is C5H12ClNO2. The summed E-state index contributed by atoms with van der Waals surface area (Å²) < 4.78 is 4.44. The minimum absolute atomic E-state index is 0. The molecule has 0 atom stereocenters. The molecule has 2 N–H and O–H groups in total. The largest absolute Gasteiger partial charge is 0.449 e. The molecule has 0 aliphatic heterocycles. The van der Waals surface area contributed by atoms with Crippen LogP contribution < -0.4 is 5.73 Å². The van der Waals surface area contributed by atoms with E-state index in [1.54, 1.807) is 0 Å². The Morgan fingerprint density at radius 1 is 1.67 bits per heavy atom. The van der Waals surface area contributed by atoms with Crippen molar-refractivity contribution in [3.8, 4) is 0 Å². The average Bonchev–Trinajstić information content (AvgIpc) is 1.61. The summed E-state index contributed by atoms with van der Waals surface area (Å²) in [7, 11) is 0. The van der Waals surface area contributed by atoms with Crippen molar-refractivity contribution < 1.29 is 9.53 Å². The summed E-state index contributed by atoms with van der Waals surface area (Å²) >= 11 is 0. The zero-order valence-electron chi connectivity index (χ0n) is 5.59. The van der Waals surface area contributed by atoms with Gasteiger partial charge in [0.05, 0.1) is 6.61 Å². The van der Waals surface area contributed by atoms with Gasteiger partial charge < -0.3 is 10.5 Å². The van der Waals surface area contributed by atoms with E-state index in [0.717, 1.165) is 0 Å². The quantitative estimate of drug-likeness (QED) is 0.647. The highest BCUT2D eigenvalue weighted by Crippen LogP contribution is 1.90. The number of rotatable bonds is 2. The zero-order valence-corrected chi connectivity index (χ0v) is 6.40. The summed E-state index contributed by atoms with van der Waals surface area (Å²) in [4.78, 5) is 9.90. The lowest BCUT2D eigenvalue weighted by Crippen LogP contribution is -2.16. The topological polar surface area (TPSA) is 52.3 Å². The molecule has 56 valence electrons. The molecule has 0 bridgehead atoms. The van der Waals surface area contributed by atoms with Crippen molar-refractivity contribution in [2.45, 2.75) is 13.8 Å². The van der Waals surface area contributed by atoms with Crippen molar-refractivity contribution in [2.75, 3.05) is 6.61 Å². The molecule has 9 heavy (non-hydrogen) atoms. The van der Waals surface area contributed by atoms with E-state index in [1.807, 2.05) is 13.8 Å². The van der Waals surface area contributed by atoms with Crippen LogP contribution in [0.5, 0.6) is 0 Å². The monoisotopic (exact) mass is 153 g/mol. The Morgan fingerprint density at radius 3 is 2.22 bits per heavy atom. The molecule has 0 radical (unpaired) electrons. The first kappa shape index (κ1) is 11.4. The highest BCUT2D eigenvalue weighted by atomic mass is 35.5. The average molecular weight is 154 g/mol. The number of carbonyl (C=O) groups excluding carboxylic acids is 1. The minimum atomic E-state index is -0.696. The molecule has 0 unspecified atom stereocenters. The number of amides is 1. The molecule has 0 saturated heterocycles. The van der Waals surface area contributed by atoms with Crippen LogP contribution in [0.2, 0.25) is 0 Å². The number of carbonyl (C=O) groups is 1. The van der Waals surface area contributed by atoms with E-state index in [-0.39, 0.29) is 12.4 Å². The molecule has 3 nitrogen and oxygen atoms in total. The summed E-state index contributed by atoms with van der Waals surface area (Å²) in [6.07, 6.45) is -0.696. The fourth-order valence-electron chi connectivity index (χ4n) is 0.249. The molecule has 0 aliphatic carbocycles. The van der Waals surface area contributed by atoms with Crippen molar-refractivity contribution in [1.82, 2.24) is 0 Å². The highest BCUT2D eigenvalue weighted by Gasteiger charge is 1.95. The van der Waals surface area contributed by atoms with Gasteiger partial charge in [-0.3, -0.25) is 0 Å². The molecule has 0 aromatic rings. The molecule has 0 aromatic heterocycles. The molecule has 0 spiro atoms. The van der Waals surface area contributed by atoms with Crippen molar-refractivity contribution in [3.63, 3.8) is 0 Å². The maximum absolute atomic E-state index is 9.90. The summed E-state index contributed by atoms with van der Waals surface area (Å²) in [5, 5.41) is 0. The Bertz CT molecular complexity index is 85.0.